The zero-order valence-corrected chi connectivity index (χ0v) is 9.61. The number of fused-ring (bicyclic) bond motifs is 1. The summed E-state index contributed by atoms with van der Waals surface area (Å²) in [4.78, 5) is 12.0. The second-order valence-corrected chi connectivity index (χ2v) is 4.19. The molecule has 0 unspecified atom stereocenters. The minimum absolute atomic E-state index is 0.147. The molecule has 0 amide bonds. The molecule has 0 saturated carbocycles. The smallest absolute Gasteiger partial charge is 0.229 e. The van der Waals surface area contributed by atoms with E-state index in [4.69, 9.17) is 9.15 Å². The first-order chi connectivity index (χ1) is 7.54. The van der Waals surface area contributed by atoms with Crippen LogP contribution in [0.5, 0.6) is 0 Å². The minimum Gasteiger partial charge on any atom is -0.453 e. The summed E-state index contributed by atoms with van der Waals surface area (Å²) in [5.74, 6) is 0.194. The molecule has 0 aliphatic rings. The molecule has 0 saturated heterocycles. The van der Waals surface area contributed by atoms with E-state index in [2.05, 4.69) is 0 Å². The minimum atomic E-state index is -0.853. The van der Waals surface area contributed by atoms with E-state index in [-0.39, 0.29) is 5.78 Å². The average molecular weight is 218 g/mol. The zero-order chi connectivity index (χ0) is 11.8. The van der Waals surface area contributed by atoms with Gasteiger partial charge in [0.15, 0.2) is 5.76 Å². The lowest BCUT2D eigenvalue weighted by molar-refractivity contribution is 0.0206. The molecular weight excluding hydrogens is 204 g/mol. The Hall–Kier alpha value is -1.61. The number of ketones is 1. The summed E-state index contributed by atoms with van der Waals surface area (Å²) in [7, 11) is 1.51. The maximum Gasteiger partial charge on any atom is 0.229 e. The summed E-state index contributed by atoms with van der Waals surface area (Å²) in [5.41, 5.74) is -0.133. The van der Waals surface area contributed by atoms with Crippen molar-refractivity contribution in [3.8, 4) is 0 Å². The fraction of sp³-hybridized carbons (Fsp3) is 0.308. The molecule has 0 N–H and O–H groups in total. The van der Waals surface area contributed by atoms with Gasteiger partial charge in [0.2, 0.25) is 5.78 Å². The van der Waals surface area contributed by atoms with Crippen LogP contribution in [-0.4, -0.2) is 18.5 Å². The predicted molar refractivity (Wildman–Crippen MR) is 61.6 cm³/mol. The molecule has 0 atom stereocenters. The van der Waals surface area contributed by atoms with Crippen molar-refractivity contribution in [2.75, 3.05) is 7.11 Å². The van der Waals surface area contributed by atoms with Crippen molar-refractivity contribution in [1.29, 1.82) is 0 Å². The first kappa shape index (κ1) is 10.9. The van der Waals surface area contributed by atoms with Crippen LogP contribution >= 0.6 is 0 Å². The van der Waals surface area contributed by atoms with Crippen LogP contribution in [0, 0.1) is 0 Å². The highest BCUT2D eigenvalue weighted by Gasteiger charge is 2.30. The predicted octanol–water partition coefficient (Wildman–Crippen LogP) is 3.04. The first-order valence-electron chi connectivity index (χ1n) is 5.13. The van der Waals surface area contributed by atoms with Gasteiger partial charge >= 0.3 is 0 Å². The molecule has 16 heavy (non-hydrogen) atoms. The Morgan fingerprint density at radius 1 is 1.31 bits per heavy atom. The lowest BCUT2D eigenvalue weighted by atomic mass is 10.0. The third-order valence-corrected chi connectivity index (χ3v) is 2.71. The molecule has 2 rings (SSSR count). The van der Waals surface area contributed by atoms with E-state index < -0.39 is 5.60 Å². The summed E-state index contributed by atoms with van der Waals surface area (Å²) in [6.45, 7) is 3.45. The van der Waals surface area contributed by atoms with Crippen LogP contribution in [0.1, 0.15) is 24.4 Å². The van der Waals surface area contributed by atoms with Crippen LogP contribution in [0.4, 0.5) is 0 Å². The third-order valence-electron chi connectivity index (χ3n) is 2.71. The molecule has 1 aromatic carbocycles. The summed E-state index contributed by atoms with van der Waals surface area (Å²) in [6, 6.07) is 9.29. The molecule has 0 fully saturated rings. The lowest BCUT2D eigenvalue weighted by Gasteiger charge is -2.19. The van der Waals surface area contributed by atoms with Crippen LogP contribution in [0.25, 0.3) is 11.0 Å². The Morgan fingerprint density at radius 2 is 2.00 bits per heavy atom. The van der Waals surface area contributed by atoms with E-state index in [9.17, 15) is 4.79 Å². The molecular formula is C13H14O3. The molecule has 0 spiro atoms. The molecule has 0 aliphatic heterocycles. The van der Waals surface area contributed by atoms with Gasteiger partial charge in [-0.15, -0.1) is 0 Å². The quantitative estimate of drug-likeness (QED) is 0.743. The van der Waals surface area contributed by atoms with Gasteiger partial charge in [0, 0.05) is 12.5 Å². The third kappa shape index (κ3) is 1.74. The van der Waals surface area contributed by atoms with Crippen molar-refractivity contribution < 1.29 is 13.9 Å². The van der Waals surface area contributed by atoms with E-state index in [0.29, 0.717) is 5.76 Å². The van der Waals surface area contributed by atoms with E-state index in [0.717, 1.165) is 11.0 Å². The van der Waals surface area contributed by atoms with E-state index in [1.807, 2.05) is 24.3 Å². The largest absolute Gasteiger partial charge is 0.453 e. The monoisotopic (exact) mass is 218 g/mol. The van der Waals surface area contributed by atoms with Crippen molar-refractivity contribution in [2.24, 2.45) is 0 Å². The molecule has 0 radical (unpaired) electrons. The number of carbonyl (C=O) groups excluding carboxylic acids is 1. The maximum atomic E-state index is 12.0. The second-order valence-electron chi connectivity index (χ2n) is 4.19. The van der Waals surface area contributed by atoms with E-state index >= 15 is 0 Å². The summed E-state index contributed by atoms with van der Waals surface area (Å²) >= 11 is 0. The Labute approximate surface area is 94.0 Å². The Kier molecular flexibility index (Phi) is 2.56. The highest BCUT2D eigenvalue weighted by atomic mass is 16.5. The topological polar surface area (TPSA) is 39.4 Å². The second kappa shape index (κ2) is 3.76. The number of hydrogen-bond acceptors (Lipinski definition) is 3. The average Bonchev–Trinajstić information content (AvgIpc) is 2.71. The Balaban J connectivity index is 2.45. The van der Waals surface area contributed by atoms with Crippen LogP contribution < -0.4 is 0 Å². The number of methoxy groups -OCH3 is 1. The Bertz CT molecular complexity index is 490. The number of ether oxygens (including phenoxy) is 1. The van der Waals surface area contributed by atoms with Crippen LogP contribution in [0.3, 0.4) is 0 Å². The van der Waals surface area contributed by atoms with Gasteiger partial charge in [0.05, 0.1) is 0 Å². The molecule has 3 nitrogen and oxygen atoms in total. The van der Waals surface area contributed by atoms with Gasteiger partial charge in [0.25, 0.3) is 0 Å². The van der Waals surface area contributed by atoms with Crippen molar-refractivity contribution in [3.63, 3.8) is 0 Å². The molecule has 1 heterocycles. The first-order valence-corrected chi connectivity index (χ1v) is 5.13. The number of carbonyl (C=O) groups is 1. The van der Waals surface area contributed by atoms with Crippen molar-refractivity contribution in [2.45, 2.75) is 19.4 Å². The van der Waals surface area contributed by atoms with Crippen molar-refractivity contribution in [1.82, 2.24) is 0 Å². The summed E-state index contributed by atoms with van der Waals surface area (Å²) in [6.07, 6.45) is 0. The number of rotatable bonds is 3. The Morgan fingerprint density at radius 3 is 2.62 bits per heavy atom. The van der Waals surface area contributed by atoms with Crippen LogP contribution in [0.2, 0.25) is 0 Å². The molecule has 2 aromatic rings. The van der Waals surface area contributed by atoms with Gasteiger partial charge in [0.1, 0.15) is 11.2 Å². The number of benzene rings is 1. The van der Waals surface area contributed by atoms with Gasteiger partial charge in [-0.3, -0.25) is 4.79 Å². The number of furan rings is 1. The van der Waals surface area contributed by atoms with Crippen molar-refractivity contribution >= 4 is 16.8 Å². The van der Waals surface area contributed by atoms with Gasteiger partial charge in [-0.05, 0) is 26.0 Å². The van der Waals surface area contributed by atoms with Crippen LogP contribution in [-0.2, 0) is 4.74 Å². The summed E-state index contributed by atoms with van der Waals surface area (Å²) in [5, 5.41) is 0.928. The zero-order valence-electron chi connectivity index (χ0n) is 9.61. The highest BCUT2D eigenvalue weighted by molar-refractivity contribution is 6.02. The molecule has 84 valence electrons. The number of para-hydroxylation sites is 1. The lowest BCUT2D eigenvalue weighted by Crippen LogP contribution is -2.33. The molecule has 1 aromatic heterocycles. The number of Topliss-reactive ketones (excluding diaryl/α,β-unsaturated/α-hetero) is 1. The standard InChI is InChI=1S/C13H14O3/c1-13(2,15-3)12(14)11-8-9-6-4-5-7-10(9)16-11/h4-8H,1-3H3. The maximum absolute atomic E-state index is 12.0. The van der Waals surface area contributed by atoms with Crippen LogP contribution in [0.15, 0.2) is 34.7 Å². The van der Waals surface area contributed by atoms with Gasteiger partial charge in [-0.1, -0.05) is 18.2 Å². The van der Waals surface area contributed by atoms with Gasteiger partial charge in [-0.25, -0.2) is 0 Å². The number of hydrogen-bond donors (Lipinski definition) is 0. The van der Waals surface area contributed by atoms with Gasteiger partial charge in [-0.2, -0.15) is 0 Å². The van der Waals surface area contributed by atoms with Gasteiger partial charge < -0.3 is 9.15 Å². The molecule has 3 heteroatoms. The highest BCUT2D eigenvalue weighted by Crippen LogP contribution is 2.23. The summed E-state index contributed by atoms with van der Waals surface area (Å²) < 4.78 is 10.6. The fourth-order valence-corrected chi connectivity index (χ4v) is 1.48. The fourth-order valence-electron chi connectivity index (χ4n) is 1.48. The van der Waals surface area contributed by atoms with Crippen molar-refractivity contribution in [3.05, 3.63) is 36.1 Å². The normalized spacial score (nSPS) is 11.9. The molecule has 0 bridgehead atoms. The van der Waals surface area contributed by atoms with E-state index in [1.54, 1.807) is 19.9 Å². The molecule has 0 aliphatic carbocycles. The SMILES string of the molecule is COC(C)(C)C(=O)c1cc2ccccc2o1. The van der Waals surface area contributed by atoms with E-state index in [1.165, 1.54) is 7.11 Å².